The second kappa shape index (κ2) is 8.33. The number of ketones is 1. The van der Waals surface area contributed by atoms with Crippen LogP contribution < -0.4 is 5.32 Å². The molecule has 1 saturated carbocycles. The molecule has 0 radical (unpaired) electrons. The summed E-state index contributed by atoms with van der Waals surface area (Å²) in [7, 11) is 0. The molecule has 2 atom stereocenters. The number of nitrogens with zero attached hydrogens (tertiary/aromatic N) is 1. The fraction of sp³-hybridized carbons (Fsp3) is 0.680. The molecule has 1 N–H and O–H groups in total. The van der Waals surface area contributed by atoms with Crippen LogP contribution in [0.3, 0.4) is 0 Å². The van der Waals surface area contributed by atoms with Crippen LogP contribution in [-0.2, 0) is 10.2 Å². The number of amides is 1. The summed E-state index contributed by atoms with van der Waals surface area (Å²) in [5.41, 5.74) is 1.80. The Morgan fingerprint density at radius 1 is 1.17 bits per heavy atom. The zero-order valence-corrected chi connectivity index (χ0v) is 18.7. The lowest BCUT2D eigenvalue weighted by Crippen LogP contribution is -2.53. The Morgan fingerprint density at radius 2 is 1.87 bits per heavy atom. The first kappa shape index (κ1) is 21.4. The lowest BCUT2D eigenvalue weighted by molar-refractivity contribution is 0.0417. The number of fused-ring (bicyclic) bond motifs is 2. The highest BCUT2D eigenvalue weighted by atomic mass is 16.5. The van der Waals surface area contributed by atoms with Gasteiger partial charge in [0.1, 0.15) is 0 Å². The second-order valence-corrected chi connectivity index (χ2v) is 9.85. The molecule has 1 aromatic rings. The SMILES string of the molecule is CCOC(=O)NC1CCCCC(N2CCC3(CC2)c2ccccc2C(=O)C3(C)C)C1. The standard InChI is InChI=1S/C25H36N2O3/c1-4-30-23(29)26-18-9-5-6-10-19(17-18)27-15-13-25(14-16-27)21-12-8-7-11-20(21)22(28)24(25,2)3/h7-8,11-12,18-19H,4-6,9-10,13-17H2,1-3H3,(H,26,29). The summed E-state index contributed by atoms with van der Waals surface area (Å²) < 4.78 is 5.10. The van der Waals surface area contributed by atoms with Gasteiger partial charge in [-0.1, -0.05) is 51.0 Å². The number of carbonyl (C=O) groups is 2. The van der Waals surface area contributed by atoms with Crippen LogP contribution in [-0.4, -0.2) is 48.6 Å². The van der Waals surface area contributed by atoms with Crippen LogP contribution in [0, 0.1) is 5.41 Å². The van der Waals surface area contributed by atoms with Gasteiger partial charge in [0, 0.05) is 28.5 Å². The number of likely N-dealkylation sites (tertiary alicyclic amines) is 1. The molecular weight excluding hydrogens is 376 g/mol. The molecule has 164 valence electrons. The molecule has 1 heterocycles. The van der Waals surface area contributed by atoms with E-state index in [-0.39, 0.29) is 23.0 Å². The maximum atomic E-state index is 13.2. The van der Waals surface area contributed by atoms with Crippen molar-refractivity contribution in [3.05, 3.63) is 35.4 Å². The normalized spacial score (nSPS) is 28.0. The van der Waals surface area contributed by atoms with E-state index >= 15 is 0 Å². The Balaban J connectivity index is 1.46. The van der Waals surface area contributed by atoms with Crippen molar-refractivity contribution in [2.75, 3.05) is 19.7 Å². The number of hydrogen-bond acceptors (Lipinski definition) is 4. The van der Waals surface area contributed by atoms with Gasteiger partial charge in [0.2, 0.25) is 0 Å². The number of nitrogens with one attached hydrogen (secondary N) is 1. The summed E-state index contributed by atoms with van der Waals surface area (Å²) in [5, 5.41) is 3.08. The fourth-order valence-corrected chi connectivity index (χ4v) is 6.29. The van der Waals surface area contributed by atoms with E-state index < -0.39 is 0 Å². The highest BCUT2D eigenvalue weighted by Gasteiger charge is 2.58. The molecule has 1 saturated heterocycles. The van der Waals surface area contributed by atoms with Crippen molar-refractivity contribution in [1.82, 2.24) is 10.2 Å². The molecular formula is C25H36N2O3. The molecule has 5 nitrogen and oxygen atoms in total. The quantitative estimate of drug-likeness (QED) is 0.732. The molecule has 4 rings (SSSR count). The first-order valence-corrected chi connectivity index (χ1v) is 11.7. The van der Waals surface area contributed by atoms with Gasteiger partial charge in [-0.05, 0) is 57.7 Å². The second-order valence-electron chi connectivity index (χ2n) is 9.85. The molecule has 0 aromatic heterocycles. The molecule has 2 unspecified atom stereocenters. The minimum atomic E-state index is -0.347. The van der Waals surface area contributed by atoms with Crippen LogP contribution >= 0.6 is 0 Å². The van der Waals surface area contributed by atoms with Crippen LogP contribution in [0.4, 0.5) is 4.79 Å². The van der Waals surface area contributed by atoms with E-state index in [1.807, 2.05) is 19.1 Å². The Morgan fingerprint density at radius 3 is 2.60 bits per heavy atom. The van der Waals surface area contributed by atoms with E-state index in [2.05, 4.69) is 36.2 Å². The van der Waals surface area contributed by atoms with Crippen molar-refractivity contribution >= 4 is 11.9 Å². The van der Waals surface area contributed by atoms with Crippen LogP contribution in [0.5, 0.6) is 0 Å². The molecule has 5 heteroatoms. The minimum absolute atomic E-state index is 0.0511. The Hall–Kier alpha value is -1.88. The van der Waals surface area contributed by atoms with Crippen LogP contribution in [0.2, 0.25) is 0 Å². The first-order chi connectivity index (χ1) is 14.4. The molecule has 2 fully saturated rings. The van der Waals surface area contributed by atoms with E-state index in [0.29, 0.717) is 18.4 Å². The third-order valence-corrected chi connectivity index (χ3v) is 8.11. The van der Waals surface area contributed by atoms with Gasteiger partial charge in [-0.2, -0.15) is 0 Å². The van der Waals surface area contributed by atoms with Crippen LogP contribution in [0.15, 0.2) is 24.3 Å². The molecule has 1 amide bonds. The van der Waals surface area contributed by atoms with E-state index in [4.69, 9.17) is 4.74 Å². The Labute approximate surface area is 180 Å². The van der Waals surface area contributed by atoms with Crippen molar-refractivity contribution in [1.29, 1.82) is 0 Å². The number of rotatable bonds is 3. The number of alkyl carbamates (subject to hydrolysis) is 1. The highest BCUT2D eigenvalue weighted by Crippen LogP contribution is 2.56. The van der Waals surface area contributed by atoms with Gasteiger partial charge in [-0.3, -0.25) is 4.79 Å². The summed E-state index contributed by atoms with van der Waals surface area (Å²) in [4.78, 5) is 27.7. The predicted molar refractivity (Wildman–Crippen MR) is 118 cm³/mol. The number of ether oxygens (including phenoxy) is 1. The van der Waals surface area contributed by atoms with E-state index in [9.17, 15) is 9.59 Å². The molecule has 2 aliphatic carbocycles. The molecule has 3 aliphatic rings. The zero-order chi connectivity index (χ0) is 21.4. The number of piperidine rings is 1. The summed E-state index contributed by atoms with van der Waals surface area (Å²) in [6.45, 7) is 8.58. The van der Waals surface area contributed by atoms with Gasteiger partial charge >= 0.3 is 6.09 Å². The maximum Gasteiger partial charge on any atom is 0.407 e. The smallest absolute Gasteiger partial charge is 0.407 e. The number of hydrogen-bond donors (Lipinski definition) is 1. The third kappa shape index (κ3) is 3.55. The van der Waals surface area contributed by atoms with Crippen molar-refractivity contribution in [2.45, 2.75) is 83.2 Å². The number of carbonyl (C=O) groups excluding carboxylic acids is 2. The maximum absolute atomic E-state index is 13.2. The highest BCUT2D eigenvalue weighted by molar-refractivity contribution is 6.06. The lowest BCUT2D eigenvalue weighted by Gasteiger charge is -2.49. The minimum Gasteiger partial charge on any atom is -0.450 e. The largest absolute Gasteiger partial charge is 0.450 e. The summed E-state index contributed by atoms with van der Waals surface area (Å²) in [5.74, 6) is 0.305. The molecule has 0 bridgehead atoms. The van der Waals surface area contributed by atoms with Gasteiger partial charge < -0.3 is 15.0 Å². The molecule has 30 heavy (non-hydrogen) atoms. The van der Waals surface area contributed by atoms with Gasteiger partial charge in [0.25, 0.3) is 0 Å². The first-order valence-electron chi connectivity index (χ1n) is 11.7. The predicted octanol–water partition coefficient (Wildman–Crippen LogP) is 4.69. The van der Waals surface area contributed by atoms with Gasteiger partial charge in [0.15, 0.2) is 5.78 Å². The summed E-state index contributed by atoms with van der Waals surface area (Å²) >= 11 is 0. The fourth-order valence-electron chi connectivity index (χ4n) is 6.29. The molecule has 1 aromatic carbocycles. The average molecular weight is 413 g/mol. The Bertz CT molecular complexity index is 795. The van der Waals surface area contributed by atoms with E-state index in [0.717, 1.165) is 50.8 Å². The topological polar surface area (TPSA) is 58.6 Å². The number of Topliss-reactive ketones (excluding diaryl/α,β-unsaturated/α-hetero) is 1. The van der Waals surface area contributed by atoms with Gasteiger partial charge in [-0.15, -0.1) is 0 Å². The van der Waals surface area contributed by atoms with Crippen LogP contribution in [0.25, 0.3) is 0 Å². The van der Waals surface area contributed by atoms with Crippen molar-refractivity contribution in [3.63, 3.8) is 0 Å². The molecule has 1 spiro atoms. The summed E-state index contributed by atoms with van der Waals surface area (Å²) in [6, 6.07) is 8.95. The monoisotopic (exact) mass is 412 g/mol. The van der Waals surface area contributed by atoms with Crippen LogP contribution in [0.1, 0.15) is 81.6 Å². The summed E-state index contributed by atoms with van der Waals surface area (Å²) in [6.07, 6.45) is 7.33. The van der Waals surface area contributed by atoms with E-state index in [1.54, 1.807) is 0 Å². The third-order valence-electron chi connectivity index (χ3n) is 8.11. The van der Waals surface area contributed by atoms with E-state index in [1.165, 1.54) is 18.4 Å². The zero-order valence-electron chi connectivity index (χ0n) is 18.7. The lowest BCUT2D eigenvalue weighted by atomic mass is 9.60. The van der Waals surface area contributed by atoms with Gasteiger partial charge in [0.05, 0.1) is 6.61 Å². The van der Waals surface area contributed by atoms with Crippen molar-refractivity contribution in [2.24, 2.45) is 5.41 Å². The average Bonchev–Trinajstić information content (AvgIpc) is 2.91. The number of benzene rings is 1. The van der Waals surface area contributed by atoms with Gasteiger partial charge in [-0.25, -0.2) is 4.79 Å². The molecule has 1 aliphatic heterocycles. The Kier molecular flexibility index (Phi) is 5.93. The van der Waals surface area contributed by atoms with Crippen molar-refractivity contribution < 1.29 is 14.3 Å². The van der Waals surface area contributed by atoms with Crippen molar-refractivity contribution in [3.8, 4) is 0 Å².